The number of thiophene rings is 1. The summed E-state index contributed by atoms with van der Waals surface area (Å²) < 4.78 is 39.0. The van der Waals surface area contributed by atoms with E-state index in [-0.39, 0.29) is 10.6 Å². The van der Waals surface area contributed by atoms with Crippen molar-refractivity contribution < 1.29 is 22.7 Å². The molecule has 0 bridgehead atoms. The smallest absolute Gasteiger partial charge is 0.306 e. The number of hydrogen-bond donors (Lipinski definition) is 2. The highest BCUT2D eigenvalue weighted by Gasteiger charge is 2.27. The molecule has 0 aromatic carbocycles. The Morgan fingerprint density at radius 2 is 2.21 bits per heavy atom. The molecular formula is C11H12FNO4S2. The predicted molar refractivity (Wildman–Crippen MR) is 67.9 cm³/mol. The van der Waals surface area contributed by atoms with E-state index in [1.54, 1.807) is 12.2 Å². The Kier molecular flexibility index (Phi) is 4.02. The number of allylic oxidation sites excluding steroid dienone is 1. The van der Waals surface area contributed by atoms with Crippen LogP contribution in [0.4, 0.5) is 4.39 Å². The summed E-state index contributed by atoms with van der Waals surface area (Å²) in [6.45, 7) is 0. The zero-order valence-corrected chi connectivity index (χ0v) is 11.4. The van der Waals surface area contributed by atoms with Gasteiger partial charge in [-0.15, -0.1) is 0 Å². The van der Waals surface area contributed by atoms with Crippen molar-refractivity contribution in [3.8, 4) is 0 Å². The van der Waals surface area contributed by atoms with Gasteiger partial charge >= 0.3 is 5.97 Å². The lowest BCUT2D eigenvalue weighted by atomic mass is 9.92. The standard InChI is InChI=1S/C11H12FNO4S2/c12-9-4-5-10(18-9)19(16,17)13-8-3-1-2-7(6-8)11(14)15/h1,3-5,7-8,13H,2,6H2,(H,14,15)/t7-,8-/m1/s1. The molecule has 1 aliphatic rings. The van der Waals surface area contributed by atoms with Crippen molar-refractivity contribution in [1.29, 1.82) is 0 Å². The van der Waals surface area contributed by atoms with Crippen LogP contribution in [0.3, 0.4) is 0 Å². The quantitative estimate of drug-likeness (QED) is 0.827. The molecule has 0 radical (unpaired) electrons. The monoisotopic (exact) mass is 305 g/mol. The Balaban J connectivity index is 2.11. The molecule has 2 rings (SSSR count). The molecule has 0 fully saturated rings. The number of nitrogens with one attached hydrogen (secondary N) is 1. The van der Waals surface area contributed by atoms with Gasteiger partial charge in [0.1, 0.15) is 4.21 Å². The fourth-order valence-corrected chi connectivity index (χ4v) is 4.10. The number of carbonyl (C=O) groups is 1. The van der Waals surface area contributed by atoms with Crippen molar-refractivity contribution in [1.82, 2.24) is 4.72 Å². The molecule has 0 amide bonds. The Bertz CT molecular complexity index is 608. The molecule has 1 aliphatic carbocycles. The van der Waals surface area contributed by atoms with Crippen molar-refractivity contribution in [2.75, 3.05) is 0 Å². The van der Waals surface area contributed by atoms with Gasteiger partial charge in [-0.05, 0) is 25.0 Å². The zero-order chi connectivity index (χ0) is 14.0. The first-order valence-electron chi connectivity index (χ1n) is 5.55. The summed E-state index contributed by atoms with van der Waals surface area (Å²) in [5, 5.41) is 8.34. The Labute approximate surface area is 113 Å². The van der Waals surface area contributed by atoms with E-state index in [9.17, 15) is 17.6 Å². The van der Waals surface area contributed by atoms with Crippen molar-refractivity contribution in [3.05, 3.63) is 29.4 Å². The van der Waals surface area contributed by atoms with Crippen molar-refractivity contribution >= 4 is 27.3 Å². The van der Waals surface area contributed by atoms with E-state index in [1.165, 1.54) is 6.07 Å². The highest BCUT2D eigenvalue weighted by atomic mass is 32.2. The molecule has 1 aromatic rings. The molecule has 5 nitrogen and oxygen atoms in total. The molecule has 19 heavy (non-hydrogen) atoms. The minimum Gasteiger partial charge on any atom is -0.481 e. The van der Waals surface area contributed by atoms with Gasteiger partial charge in [-0.2, -0.15) is 4.39 Å². The Morgan fingerprint density at radius 1 is 1.47 bits per heavy atom. The first-order valence-corrected chi connectivity index (χ1v) is 7.85. The summed E-state index contributed by atoms with van der Waals surface area (Å²) in [7, 11) is -3.80. The molecule has 2 atom stereocenters. The lowest BCUT2D eigenvalue weighted by Gasteiger charge is -2.22. The molecule has 0 saturated heterocycles. The molecule has 2 N–H and O–H groups in total. The van der Waals surface area contributed by atoms with Gasteiger partial charge in [0.25, 0.3) is 10.0 Å². The molecule has 0 unspecified atom stereocenters. The summed E-state index contributed by atoms with van der Waals surface area (Å²) in [6.07, 6.45) is 3.85. The van der Waals surface area contributed by atoms with Gasteiger partial charge in [-0.3, -0.25) is 4.79 Å². The van der Waals surface area contributed by atoms with Crippen molar-refractivity contribution in [2.45, 2.75) is 23.1 Å². The van der Waals surface area contributed by atoms with Crippen LogP contribution < -0.4 is 4.72 Å². The Morgan fingerprint density at radius 3 is 2.79 bits per heavy atom. The summed E-state index contributed by atoms with van der Waals surface area (Å²) >= 11 is 0.533. The summed E-state index contributed by atoms with van der Waals surface area (Å²) in [5.41, 5.74) is 0. The highest BCUT2D eigenvalue weighted by molar-refractivity contribution is 7.91. The van der Waals surface area contributed by atoms with E-state index >= 15 is 0 Å². The van der Waals surface area contributed by atoms with E-state index in [1.807, 2.05) is 0 Å². The zero-order valence-electron chi connectivity index (χ0n) is 9.74. The number of carboxylic acids is 1. The molecule has 0 saturated carbocycles. The molecule has 1 heterocycles. The summed E-state index contributed by atoms with van der Waals surface area (Å²) in [6, 6.07) is 1.68. The minimum absolute atomic E-state index is 0.115. The maximum atomic E-state index is 12.8. The number of sulfonamides is 1. The molecular weight excluding hydrogens is 293 g/mol. The van der Waals surface area contributed by atoms with E-state index in [4.69, 9.17) is 5.11 Å². The van der Waals surface area contributed by atoms with Crippen LogP contribution in [0.1, 0.15) is 12.8 Å². The summed E-state index contributed by atoms with van der Waals surface area (Å²) in [4.78, 5) is 10.9. The van der Waals surface area contributed by atoms with Gasteiger partial charge in [0.15, 0.2) is 5.13 Å². The maximum Gasteiger partial charge on any atom is 0.306 e. The molecule has 0 spiro atoms. The van der Waals surface area contributed by atoms with Crippen molar-refractivity contribution in [3.63, 3.8) is 0 Å². The lowest BCUT2D eigenvalue weighted by Crippen LogP contribution is -2.37. The third kappa shape index (κ3) is 3.40. The Hall–Kier alpha value is -1.25. The van der Waals surface area contributed by atoms with Crippen LogP contribution in [0.5, 0.6) is 0 Å². The van der Waals surface area contributed by atoms with Crippen LogP contribution in [0, 0.1) is 11.0 Å². The van der Waals surface area contributed by atoms with E-state index in [0.29, 0.717) is 17.8 Å². The third-order valence-corrected chi connectivity index (χ3v) is 5.65. The second-order valence-electron chi connectivity index (χ2n) is 4.22. The molecule has 104 valence electrons. The fourth-order valence-electron chi connectivity index (χ4n) is 1.88. The summed E-state index contributed by atoms with van der Waals surface area (Å²) in [5.74, 6) is -1.55. The average molecular weight is 305 g/mol. The first kappa shape index (κ1) is 14.2. The topological polar surface area (TPSA) is 83.5 Å². The number of rotatable bonds is 4. The maximum absolute atomic E-state index is 12.8. The molecule has 1 aromatic heterocycles. The number of halogens is 1. The van der Waals surface area contributed by atoms with Crippen LogP contribution in [-0.2, 0) is 14.8 Å². The molecule has 8 heteroatoms. The van der Waals surface area contributed by atoms with Crippen LogP contribution in [0.15, 0.2) is 28.5 Å². The molecule has 0 aliphatic heterocycles. The third-order valence-electron chi connectivity index (χ3n) is 2.80. The van der Waals surface area contributed by atoms with Gasteiger partial charge in [0.2, 0.25) is 0 Å². The fraction of sp³-hybridized carbons (Fsp3) is 0.364. The van der Waals surface area contributed by atoms with Crippen LogP contribution in [0.2, 0.25) is 0 Å². The average Bonchev–Trinajstić information content (AvgIpc) is 2.76. The minimum atomic E-state index is -3.80. The second kappa shape index (κ2) is 5.40. The van der Waals surface area contributed by atoms with Crippen LogP contribution in [0.25, 0.3) is 0 Å². The van der Waals surface area contributed by atoms with Gasteiger partial charge in [0, 0.05) is 6.04 Å². The largest absolute Gasteiger partial charge is 0.481 e. The lowest BCUT2D eigenvalue weighted by molar-refractivity contribution is -0.142. The normalized spacial score (nSPS) is 23.4. The number of carboxylic acid groups (broad SMARTS) is 1. The van der Waals surface area contributed by atoms with Crippen LogP contribution in [-0.4, -0.2) is 25.5 Å². The van der Waals surface area contributed by atoms with Gasteiger partial charge in [-0.25, -0.2) is 13.1 Å². The SMILES string of the molecule is O=C(O)[C@@H]1CC=C[C@@H](NS(=O)(=O)c2ccc(F)s2)C1. The van der Waals surface area contributed by atoms with E-state index < -0.39 is 33.1 Å². The second-order valence-corrected chi connectivity index (χ2v) is 7.20. The van der Waals surface area contributed by atoms with Gasteiger partial charge in [0.05, 0.1) is 5.92 Å². The highest BCUT2D eigenvalue weighted by Crippen LogP contribution is 2.23. The number of hydrogen-bond acceptors (Lipinski definition) is 4. The van der Waals surface area contributed by atoms with E-state index in [2.05, 4.69) is 4.72 Å². The van der Waals surface area contributed by atoms with Crippen molar-refractivity contribution in [2.24, 2.45) is 5.92 Å². The van der Waals surface area contributed by atoms with E-state index in [0.717, 1.165) is 6.07 Å². The predicted octanol–water partition coefficient (Wildman–Crippen LogP) is 1.58. The van der Waals surface area contributed by atoms with Gasteiger partial charge in [-0.1, -0.05) is 23.5 Å². The number of aliphatic carboxylic acids is 1. The first-order chi connectivity index (χ1) is 8.88. The van der Waals surface area contributed by atoms with Crippen LogP contribution >= 0.6 is 11.3 Å². The van der Waals surface area contributed by atoms with Gasteiger partial charge < -0.3 is 5.11 Å².